The first-order chi connectivity index (χ1) is 17.3. The van der Waals surface area contributed by atoms with Crippen molar-refractivity contribution in [1.29, 1.82) is 0 Å². The first-order valence-corrected chi connectivity index (χ1v) is 13.1. The molecule has 4 nitrogen and oxygen atoms in total. The van der Waals surface area contributed by atoms with Crippen LogP contribution in [-0.2, 0) is 24.9 Å². The SMILES string of the molecule is CCC(CC)C(=O)C=C(O)C(CC)CC.Cc1[c-]c(-c2ncc3ccc4ccccc4n23)cc(C)c1.[Ir]. The topological polar surface area (TPSA) is 54.6 Å². The Balaban J connectivity index is 0.000000271. The number of para-hydroxylation sites is 1. The van der Waals surface area contributed by atoms with Gasteiger partial charge in [0.25, 0.3) is 0 Å². The first-order valence-electron chi connectivity index (χ1n) is 13.1. The van der Waals surface area contributed by atoms with E-state index < -0.39 is 0 Å². The minimum Gasteiger partial charge on any atom is -0.512 e. The Morgan fingerprint density at radius 3 is 2.24 bits per heavy atom. The average molecular weight is 676 g/mol. The van der Waals surface area contributed by atoms with Gasteiger partial charge in [-0.05, 0) is 43.2 Å². The number of benzene rings is 2. The number of nitrogens with zero attached hydrogens (tertiary/aromatic N) is 2. The maximum absolute atomic E-state index is 11.7. The molecular formula is C32H39IrN2O2-. The van der Waals surface area contributed by atoms with Gasteiger partial charge in [-0.2, -0.15) is 0 Å². The first kappa shape index (κ1) is 30.5. The predicted molar refractivity (Wildman–Crippen MR) is 150 cm³/mol. The van der Waals surface area contributed by atoms with Gasteiger partial charge in [0, 0.05) is 49.7 Å². The molecule has 2 aromatic carbocycles. The Labute approximate surface area is 235 Å². The summed E-state index contributed by atoms with van der Waals surface area (Å²) in [7, 11) is 0. The Morgan fingerprint density at radius 1 is 0.973 bits per heavy atom. The van der Waals surface area contributed by atoms with Gasteiger partial charge in [-0.15, -0.1) is 34.9 Å². The Hall–Kier alpha value is -2.75. The van der Waals surface area contributed by atoms with Crippen molar-refractivity contribution in [3.8, 4) is 11.4 Å². The fraction of sp³-hybridized carbons (Fsp3) is 0.375. The van der Waals surface area contributed by atoms with E-state index in [1.165, 1.54) is 22.5 Å². The molecule has 0 bridgehead atoms. The molecule has 199 valence electrons. The van der Waals surface area contributed by atoms with Gasteiger partial charge in [-0.3, -0.25) is 9.78 Å². The number of carbonyl (C=O) groups is 1. The number of ketones is 1. The van der Waals surface area contributed by atoms with Gasteiger partial charge >= 0.3 is 0 Å². The van der Waals surface area contributed by atoms with Crippen molar-refractivity contribution < 1.29 is 30.0 Å². The molecule has 0 aliphatic heterocycles. The Morgan fingerprint density at radius 2 is 1.62 bits per heavy atom. The van der Waals surface area contributed by atoms with E-state index in [0.717, 1.165) is 48.2 Å². The van der Waals surface area contributed by atoms with E-state index in [2.05, 4.69) is 77.8 Å². The summed E-state index contributed by atoms with van der Waals surface area (Å²) in [4.78, 5) is 16.3. The van der Waals surface area contributed by atoms with Crippen molar-refractivity contribution in [3.63, 3.8) is 0 Å². The summed E-state index contributed by atoms with van der Waals surface area (Å²) in [5, 5.41) is 11.0. The molecule has 0 unspecified atom stereocenters. The number of hydrogen-bond acceptors (Lipinski definition) is 3. The van der Waals surface area contributed by atoms with E-state index >= 15 is 0 Å². The quantitative estimate of drug-likeness (QED) is 0.116. The van der Waals surface area contributed by atoms with Gasteiger partial charge in [0.15, 0.2) is 5.78 Å². The summed E-state index contributed by atoms with van der Waals surface area (Å²) in [5.41, 5.74) is 5.70. The van der Waals surface area contributed by atoms with Crippen molar-refractivity contribution in [2.24, 2.45) is 11.8 Å². The van der Waals surface area contributed by atoms with Crippen LogP contribution in [0.4, 0.5) is 0 Å². The van der Waals surface area contributed by atoms with Crippen molar-refractivity contribution in [1.82, 2.24) is 9.38 Å². The zero-order chi connectivity index (χ0) is 26.2. The van der Waals surface area contributed by atoms with E-state index in [0.29, 0.717) is 0 Å². The maximum atomic E-state index is 11.7. The molecule has 0 amide bonds. The molecule has 1 N–H and O–H groups in total. The van der Waals surface area contributed by atoms with Crippen molar-refractivity contribution >= 4 is 22.2 Å². The minimum absolute atomic E-state index is 0. The fourth-order valence-electron chi connectivity index (χ4n) is 4.73. The second-order valence-corrected chi connectivity index (χ2v) is 9.49. The summed E-state index contributed by atoms with van der Waals surface area (Å²) >= 11 is 0. The molecule has 37 heavy (non-hydrogen) atoms. The molecular weight excluding hydrogens is 637 g/mol. The average Bonchev–Trinajstić information content (AvgIpc) is 3.30. The smallest absolute Gasteiger partial charge is 0.162 e. The van der Waals surface area contributed by atoms with E-state index in [9.17, 15) is 9.90 Å². The molecule has 0 saturated carbocycles. The van der Waals surface area contributed by atoms with E-state index in [1.807, 2.05) is 33.9 Å². The van der Waals surface area contributed by atoms with Crippen molar-refractivity contribution in [2.45, 2.75) is 67.2 Å². The molecule has 0 atom stereocenters. The molecule has 0 aliphatic carbocycles. The molecule has 4 rings (SSSR count). The maximum Gasteiger partial charge on any atom is 0.162 e. The van der Waals surface area contributed by atoms with Crippen LogP contribution in [0.5, 0.6) is 0 Å². The van der Waals surface area contributed by atoms with Crippen LogP contribution in [0.15, 0.2) is 66.6 Å². The zero-order valence-electron chi connectivity index (χ0n) is 22.8. The van der Waals surface area contributed by atoms with Crippen LogP contribution in [-0.4, -0.2) is 20.3 Å². The van der Waals surface area contributed by atoms with Crippen LogP contribution in [0, 0.1) is 31.7 Å². The third-order valence-corrected chi connectivity index (χ3v) is 6.87. The van der Waals surface area contributed by atoms with Gasteiger partial charge < -0.3 is 9.51 Å². The molecule has 0 aliphatic rings. The van der Waals surface area contributed by atoms with Crippen LogP contribution in [0.2, 0.25) is 0 Å². The van der Waals surface area contributed by atoms with Crippen LogP contribution >= 0.6 is 0 Å². The molecule has 2 heterocycles. The van der Waals surface area contributed by atoms with E-state index in [4.69, 9.17) is 0 Å². The largest absolute Gasteiger partial charge is 0.512 e. The van der Waals surface area contributed by atoms with Crippen LogP contribution in [0.1, 0.15) is 64.5 Å². The number of aliphatic hydroxyl groups is 1. The number of fused-ring (bicyclic) bond motifs is 3. The summed E-state index contributed by atoms with van der Waals surface area (Å²) in [6.45, 7) is 12.3. The molecule has 0 saturated heterocycles. The third kappa shape index (κ3) is 7.40. The fourth-order valence-corrected chi connectivity index (χ4v) is 4.73. The van der Waals surface area contributed by atoms with Gasteiger partial charge in [0.05, 0.1) is 17.1 Å². The molecule has 1 radical (unpaired) electrons. The molecule has 5 heteroatoms. The second-order valence-electron chi connectivity index (χ2n) is 9.49. The van der Waals surface area contributed by atoms with Gasteiger partial charge in [-0.1, -0.05) is 65.8 Å². The number of hydrogen-bond donors (Lipinski definition) is 1. The summed E-state index contributed by atoms with van der Waals surface area (Å²) in [6, 6.07) is 20.3. The van der Waals surface area contributed by atoms with Crippen molar-refractivity contribution in [2.75, 3.05) is 0 Å². The van der Waals surface area contributed by atoms with E-state index in [-0.39, 0.29) is 43.5 Å². The number of aromatic nitrogens is 2. The molecule has 2 aromatic heterocycles. The Kier molecular flexibility index (Phi) is 11.7. The normalized spacial score (nSPS) is 11.5. The van der Waals surface area contributed by atoms with Gasteiger partial charge in [0.2, 0.25) is 0 Å². The standard InChI is InChI=1S/C19H15N2.C13H24O2.Ir/c1-13-9-14(2)11-16(10-13)19-20-12-17-8-7-15-5-3-4-6-18(15)21(17)19;1-5-10(6-2)12(14)9-13(15)11(7-3)8-4;/h3-10,12H,1-2H3;9-11,14H,5-8H2,1-4H3;/q-1;;. The van der Waals surface area contributed by atoms with Crippen molar-refractivity contribution in [3.05, 3.63) is 83.8 Å². The van der Waals surface area contributed by atoms with Gasteiger partial charge in [-0.25, -0.2) is 0 Å². The summed E-state index contributed by atoms with van der Waals surface area (Å²) in [5.74, 6) is 1.50. The van der Waals surface area contributed by atoms with Crippen LogP contribution < -0.4 is 0 Å². The zero-order valence-corrected chi connectivity index (χ0v) is 25.2. The number of allylic oxidation sites excluding steroid dienone is 2. The monoisotopic (exact) mass is 676 g/mol. The number of pyridine rings is 1. The van der Waals surface area contributed by atoms with Crippen LogP contribution in [0.25, 0.3) is 27.8 Å². The number of rotatable bonds is 8. The third-order valence-electron chi connectivity index (χ3n) is 6.87. The van der Waals surface area contributed by atoms with Crippen LogP contribution in [0.3, 0.4) is 0 Å². The summed E-state index contributed by atoms with van der Waals surface area (Å²) in [6.07, 6.45) is 6.83. The minimum atomic E-state index is 0. The Bertz CT molecular complexity index is 1330. The van der Waals surface area contributed by atoms with Gasteiger partial charge in [0.1, 0.15) is 0 Å². The summed E-state index contributed by atoms with van der Waals surface area (Å²) < 4.78 is 2.21. The number of aliphatic hydroxyl groups excluding tert-OH is 1. The molecule has 0 spiro atoms. The molecule has 4 aromatic rings. The molecule has 0 fully saturated rings. The number of carbonyl (C=O) groups excluding carboxylic acids is 1. The predicted octanol–water partition coefficient (Wildman–Crippen LogP) is 8.44. The second kappa shape index (κ2) is 14.3. The number of aryl methyl sites for hydroxylation is 2. The number of imidazole rings is 1. The van der Waals surface area contributed by atoms with E-state index in [1.54, 1.807) is 0 Å².